The number of pyridine rings is 1. The molecule has 0 radical (unpaired) electrons. The summed E-state index contributed by atoms with van der Waals surface area (Å²) in [4.78, 5) is 23.0. The van der Waals surface area contributed by atoms with E-state index in [9.17, 15) is 4.79 Å². The predicted octanol–water partition coefficient (Wildman–Crippen LogP) is 5.91. The predicted molar refractivity (Wildman–Crippen MR) is 126 cm³/mol. The van der Waals surface area contributed by atoms with Gasteiger partial charge >= 0.3 is 5.97 Å². The quantitative estimate of drug-likeness (QED) is 0.405. The largest absolute Gasteiger partial charge is 0.481 e. The van der Waals surface area contributed by atoms with E-state index in [0.717, 1.165) is 53.7 Å². The summed E-state index contributed by atoms with van der Waals surface area (Å²) in [5, 5.41) is 18.0. The van der Waals surface area contributed by atoms with Gasteiger partial charge in [0.2, 0.25) is 0 Å². The molecule has 164 valence electrons. The molecule has 1 fully saturated rings. The van der Waals surface area contributed by atoms with Gasteiger partial charge in [0, 0.05) is 18.2 Å². The van der Waals surface area contributed by atoms with Gasteiger partial charge in [-0.1, -0.05) is 48.5 Å². The van der Waals surface area contributed by atoms with Crippen LogP contribution in [0.4, 0.5) is 0 Å². The van der Waals surface area contributed by atoms with E-state index in [1.807, 2.05) is 12.1 Å². The van der Waals surface area contributed by atoms with Gasteiger partial charge in [0.05, 0.1) is 11.1 Å². The van der Waals surface area contributed by atoms with E-state index in [1.54, 1.807) is 6.07 Å². The zero-order chi connectivity index (χ0) is 22.8. The minimum Gasteiger partial charge on any atom is -0.481 e. The Balaban J connectivity index is 1.28. The monoisotopic (exact) mass is 436 g/mol. The Hall–Kier alpha value is -3.98. The van der Waals surface area contributed by atoms with Crippen LogP contribution in [-0.2, 0) is 4.79 Å². The highest BCUT2D eigenvalue weighted by Crippen LogP contribution is 2.37. The number of H-pyrrole nitrogens is 1. The van der Waals surface area contributed by atoms with Crippen molar-refractivity contribution in [2.75, 3.05) is 0 Å². The van der Waals surface area contributed by atoms with E-state index >= 15 is 0 Å². The average Bonchev–Trinajstić information content (AvgIpc) is 3.28. The maximum Gasteiger partial charge on any atom is 0.303 e. The highest BCUT2D eigenvalue weighted by Gasteiger charge is 2.23. The van der Waals surface area contributed by atoms with Crippen molar-refractivity contribution in [1.82, 2.24) is 15.0 Å². The molecule has 4 aromatic rings. The molecule has 1 aliphatic rings. The lowest BCUT2D eigenvalue weighted by Crippen LogP contribution is -2.16. The zero-order valence-electron chi connectivity index (χ0n) is 18.2. The minimum absolute atomic E-state index is 0.299. The van der Waals surface area contributed by atoms with Gasteiger partial charge in [-0.05, 0) is 60.3 Å². The van der Waals surface area contributed by atoms with Gasteiger partial charge in [0.25, 0.3) is 0 Å². The molecule has 0 saturated heterocycles. The SMILES string of the molecule is N#Cc1cnc2nc(-c3ccc(-c4ccc(C5CCC(CC(=O)O)CC5)cc4)cc3)[nH]c2c1. The number of aromatic amines is 1. The first kappa shape index (κ1) is 20.9. The fourth-order valence-electron chi connectivity index (χ4n) is 4.81. The van der Waals surface area contributed by atoms with E-state index in [1.165, 1.54) is 11.8 Å². The third-order valence-corrected chi connectivity index (χ3v) is 6.65. The second kappa shape index (κ2) is 8.87. The molecule has 6 heteroatoms. The van der Waals surface area contributed by atoms with Gasteiger partial charge in [0.1, 0.15) is 11.9 Å². The summed E-state index contributed by atoms with van der Waals surface area (Å²) in [6, 6.07) is 20.9. The number of fused-ring (bicyclic) bond motifs is 1. The number of aliphatic carboxylic acids is 1. The number of hydrogen-bond donors (Lipinski definition) is 2. The molecule has 0 unspecified atom stereocenters. The van der Waals surface area contributed by atoms with E-state index < -0.39 is 5.97 Å². The Morgan fingerprint density at radius 3 is 2.27 bits per heavy atom. The van der Waals surface area contributed by atoms with Crippen LogP contribution < -0.4 is 0 Å². The molecule has 2 aromatic heterocycles. The Bertz CT molecular complexity index is 1330. The van der Waals surface area contributed by atoms with E-state index in [2.05, 4.69) is 57.4 Å². The van der Waals surface area contributed by atoms with Gasteiger partial charge in [-0.2, -0.15) is 5.26 Å². The van der Waals surface area contributed by atoms with Crippen LogP contribution in [0.2, 0.25) is 0 Å². The van der Waals surface area contributed by atoms with Gasteiger partial charge in [-0.15, -0.1) is 0 Å². The topological polar surface area (TPSA) is 103 Å². The smallest absolute Gasteiger partial charge is 0.303 e. The highest BCUT2D eigenvalue weighted by molar-refractivity contribution is 5.77. The van der Waals surface area contributed by atoms with E-state index in [-0.39, 0.29) is 0 Å². The summed E-state index contributed by atoms with van der Waals surface area (Å²) in [7, 11) is 0. The minimum atomic E-state index is -0.682. The van der Waals surface area contributed by atoms with E-state index in [0.29, 0.717) is 29.5 Å². The van der Waals surface area contributed by atoms with Crippen LogP contribution in [0.15, 0.2) is 60.8 Å². The number of carboxylic acids is 1. The molecule has 0 spiro atoms. The number of aromatic nitrogens is 3. The van der Waals surface area contributed by atoms with Crippen LogP contribution in [0.25, 0.3) is 33.7 Å². The van der Waals surface area contributed by atoms with Crippen LogP contribution >= 0.6 is 0 Å². The van der Waals surface area contributed by atoms with Crippen LogP contribution in [0.3, 0.4) is 0 Å². The first-order chi connectivity index (χ1) is 16.1. The lowest BCUT2D eigenvalue weighted by molar-refractivity contribution is -0.138. The van der Waals surface area contributed by atoms with Crippen molar-refractivity contribution in [3.05, 3.63) is 71.9 Å². The number of carboxylic acid groups (broad SMARTS) is 1. The number of hydrogen-bond acceptors (Lipinski definition) is 4. The van der Waals surface area contributed by atoms with Gasteiger partial charge in [-0.25, -0.2) is 9.97 Å². The van der Waals surface area contributed by atoms with Crippen molar-refractivity contribution in [3.63, 3.8) is 0 Å². The lowest BCUT2D eigenvalue weighted by Gasteiger charge is -2.28. The zero-order valence-corrected chi connectivity index (χ0v) is 18.2. The second-order valence-corrected chi connectivity index (χ2v) is 8.81. The molecule has 1 saturated carbocycles. The van der Waals surface area contributed by atoms with Crippen LogP contribution in [0, 0.1) is 17.2 Å². The number of rotatable bonds is 5. The molecular weight excluding hydrogens is 412 g/mol. The fraction of sp³-hybridized carbons (Fsp3) is 0.259. The average molecular weight is 437 g/mol. The molecule has 0 atom stereocenters. The summed E-state index contributed by atoms with van der Waals surface area (Å²) >= 11 is 0. The number of benzene rings is 2. The van der Waals surface area contributed by atoms with Crippen molar-refractivity contribution < 1.29 is 9.90 Å². The summed E-state index contributed by atoms with van der Waals surface area (Å²) in [6.45, 7) is 0. The molecule has 5 rings (SSSR count). The summed E-state index contributed by atoms with van der Waals surface area (Å²) < 4.78 is 0. The number of nitriles is 1. The Kier molecular flexibility index (Phi) is 5.62. The third-order valence-electron chi connectivity index (χ3n) is 6.65. The molecule has 2 aromatic carbocycles. The first-order valence-electron chi connectivity index (χ1n) is 11.3. The lowest BCUT2D eigenvalue weighted by atomic mass is 9.77. The number of imidazole rings is 1. The van der Waals surface area contributed by atoms with Crippen molar-refractivity contribution in [3.8, 4) is 28.6 Å². The van der Waals surface area contributed by atoms with Crippen molar-refractivity contribution in [1.29, 1.82) is 5.26 Å². The molecule has 0 amide bonds. The van der Waals surface area contributed by atoms with Crippen LogP contribution in [0.5, 0.6) is 0 Å². The number of carbonyl (C=O) groups is 1. The highest BCUT2D eigenvalue weighted by atomic mass is 16.4. The molecule has 0 aliphatic heterocycles. The molecular formula is C27H24N4O2. The molecule has 2 heterocycles. The van der Waals surface area contributed by atoms with E-state index in [4.69, 9.17) is 10.4 Å². The molecule has 0 bridgehead atoms. The van der Waals surface area contributed by atoms with Gasteiger partial charge in [-0.3, -0.25) is 4.79 Å². The summed E-state index contributed by atoms with van der Waals surface area (Å²) in [5.41, 5.74) is 6.46. The maximum absolute atomic E-state index is 10.9. The first-order valence-corrected chi connectivity index (χ1v) is 11.3. The van der Waals surface area contributed by atoms with Crippen molar-refractivity contribution in [2.45, 2.75) is 38.0 Å². The summed E-state index contributed by atoms with van der Waals surface area (Å²) in [6.07, 6.45) is 5.95. The van der Waals surface area contributed by atoms with Crippen molar-refractivity contribution >= 4 is 17.1 Å². The Morgan fingerprint density at radius 1 is 1.00 bits per heavy atom. The standard InChI is InChI=1S/C27H24N4O2/c28-15-18-13-24-27(29-16-18)31-26(30-24)23-11-9-22(10-12-23)21-7-5-20(6-8-21)19-3-1-17(2-4-19)14-25(32)33/h5-13,16-17,19H,1-4,14H2,(H,32,33)(H,29,30,31). The molecule has 1 aliphatic carbocycles. The van der Waals surface area contributed by atoms with Gasteiger partial charge < -0.3 is 10.1 Å². The third kappa shape index (κ3) is 4.49. The Labute approximate surface area is 192 Å². The van der Waals surface area contributed by atoms with Crippen LogP contribution in [0.1, 0.15) is 49.1 Å². The summed E-state index contributed by atoms with van der Waals surface area (Å²) in [5.74, 6) is 0.897. The van der Waals surface area contributed by atoms with Crippen molar-refractivity contribution in [2.24, 2.45) is 5.92 Å². The molecule has 2 N–H and O–H groups in total. The Morgan fingerprint density at radius 2 is 1.64 bits per heavy atom. The normalized spacial score (nSPS) is 18.2. The molecule has 33 heavy (non-hydrogen) atoms. The number of nitrogens with one attached hydrogen (secondary N) is 1. The second-order valence-electron chi connectivity index (χ2n) is 8.81. The fourth-order valence-corrected chi connectivity index (χ4v) is 4.81. The van der Waals surface area contributed by atoms with Gasteiger partial charge in [0.15, 0.2) is 5.65 Å². The maximum atomic E-state index is 10.9. The number of nitrogens with zero attached hydrogens (tertiary/aromatic N) is 3. The van der Waals surface area contributed by atoms with Crippen LogP contribution in [-0.4, -0.2) is 26.0 Å². The molecule has 6 nitrogen and oxygen atoms in total.